The molecule has 0 aliphatic heterocycles. The van der Waals surface area contributed by atoms with Gasteiger partial charge in [0.2, 0.25) is 5.96 Å². The lowest BCUT2D eigenvalue weighted by atomic mass is 9.93. The molecule has 0 amide bonds. The average Bonchev–Trinajstić information content (AvgIpc) is 2.65. The number of aliphatic imine (C=N–C) groups is 1. The normalized spacial score (nSPS) is 29.8. The molecule has 0 heterocycles. The van der Waals surface area contributed by atoms with Crippen molar-refractivity contribution in [2.24, 2.45) is 28.6 Å². The van der Waals surface area contributed by atoms with E-state index in [4.69, 9.17) is 5.84 Å². The molecule has 0 spiro atoms. The number of hydrogen-bond donors (Lipinski definition) is 3. The Labute approximate surface area is 105 Å². The van der Waals surface area contributed by atoms with Crippen LogP contribution in [0.2, 0.25) is 0 Å². The first-order valence-electron chi connectivity index (χ1n) is 6.86. The Morgan fingerprint density at radius 2 is 2.12 bits per heavy atom. The van der Waals surface area contributed by atoms with Crippen molar-refractivity contribution >= 4 is 5.96 Å². The molecule has 1 aliphatic rings. The fourth-order valence-corrected chi connectivity index (χ4v) is 2.61. The molecule has 4 nitrogen and oxygen atoms in total. The molecule has 1 rings (SSSR count). The Hall–Kier alpha value is -0.770. The molecule has 3 unspecified atom stereocenters. The van der Waals surface area contributed by atoms with Gasteiger partial charge in [0.15, 0.2) is 0 Å². The molecule has 0 aromatic carbocycles. The van der Waals surface area contributed by atoms with E-state index in [2.05, 4.69) is 43.4 Å². The van der Waals surface area contributed by atoms with E-state index < -0.39 is 0 Å². The Balaban J connectivity index is 2.49. The fraction of sp³-hybridized carbons (Fsp3) is 0.923. The highest BCUT2D eigenvalue weighted by Gasteiger charge is 2.31. The van der Waals surface area contributed by atoms with Crippen LogP contribution in [0.3, 0.4) is 0 Å². The van der Waals surface area contributed by atoms with Gasteiger partial charge in [0.05, 0.1) is 0 Å². The van der Waals surface area contributed by atoms with Crippen molar-refractivity contribution in [1.82, 2.24) is 10.7 Å². The lowest BCUT2D eigenvalue weighted by Gasteiger charge is -2.22. The van der Waals surface area contributed by atoms with E-state index in [1.807, 2.05) is 0 Å². The van der Waals surface area contributed by atoms with E-state index in [-0.39, 0.29) is 0 Å². The first kappa shape index (κ1) is 14.3. The minimum Gasteiger partial charge on any atom is -0.352 e. The monoisotopic (exact) mass is 240 g/mol. The first-order chi connectivity index (χ1) is 8.08. The highest BCUT2D eigenvalue weighted by molar-refractivity contribution is 5.79. The molecule has 1 saturated carbocycles. The van der Waals surface area contributed by atoms with E-state index in [1.54, 1.807) is 0 Å². The number of hydrazine groups is 1. The minimum atomic E-state index is 0.516. The lowest BCUT2D eigenvalue weighted by Crippen LogP contribution is -2.47. The third-order valence-corrected chi connectivity index (χ3v) is 3.82. The Kier molecular flexibility index (Phi) is 5.75. The second-order valence-corrected chi connectivity index (χ2v) is 5.58. The zero-order chi connectivity index (χ0) is 12.8. The quantitative estimate of drug-likeness (QED) is 0.304. The highest BCUT2D eigenvalue weighted by atomic mass is 15.3. The van der Waals surface area contributed by atoms with Crippen LogP contribution < -0.4 is 16.6 Å². The zero-order valence-electron chi connectivity index (χ0n) is 11.7. The number of rotatable bonds is 4. The third-order valence-electron chi connectivity index (χ3n) is 3.82. The van der Waals surface area contributed by atoms with Crippen molar-refractivity contribution in [2.45, 2.75) is 53.0 Å². The highest BCUT2D eigenvalue weighted by Crippen LogP contribution is 2.33. The number of nitrogens with zero attached hydrogens (tertiary/aromatic N) is 1. The summed E-state index contributed by atoms with van der Waals surface area (Å²) in [5.74, 6) is 8.36. The Morgan fingerprint density at radius 3 is 2.59 bits per heavy atom. The maximum absolute atomic E-state index is 5.51. The molecule has 4 heteroatoms. The van der Waals surface area contributed by atoms with E-state index >= 15 is 0 Å². The number of hydrogen-bond acceptors (Lipinski definition) is 2. The van der Waals surface area contributed by atoms with Gasteiger partial charge in [-0.05, 0) is 30.6 Å². The second kappa shape index (κ2) is 6.84. The molecule has 0 bridgehead atoms. The standard InChI is InChI=1S/C13H28N4/c1-5-11-6-7-12(10(11)4)16-13(17-14)15-8-9(2)3/h9-12H,5-8,14H2,1-4H3,(H2,15,16,17). The summed E-state index contributed by atoms with van der Waals surface area (Å²) in [5.41, 5.74) is 2.68. The van der Waals surface area contributed by atoms with Crippen LogP contribution in [0.4, 0.5) is 0 Å². The van der Waals surface area contributed by atoms with Crippen LogP contribution in [-0.2, 0) is 0 Å². The van der Waals surface area contributed by atoms with Gasteiger partial charge in [-0.2, -0.15) is 0 Å². The third kappa shape index (κ3) is 4.19. The van der Waals surface area contributed by atoms with Gasteiger partial charge in [-0.3, -0.25) is 10.4 Å². The van der Waals surface area contributed by atoms with E-state index in [0.717, 1.165) is 18.4 Å². The van der Waals surface area contributed by atoms with Gasteiger partial charge >= 0.3 is 0 Å². The fourth-order valence-electron chi connectivity index (χ4n) is 2.61. The van der Waals surface area contributed by atoms with Crippen molar-refractivity contribution in [1.29, 1.82) is 0 Å². The average molecular weight is 240 g/mol. The van der Waals surface area contributed by atoms with Gasteiger partial charge in [0.1, 0.15) is 0 Å². The smallest absolute Gasteiger partial charge is 0.205 e. The molecule has 0 aromatic rings. The predicted molar refractivity (Wildman–Crippen MR) is 73.6 cm³/mol. The molecular weight excluding hydrogens is 212 g/mol. The van der Waals surface area contributed by atoms with Crippen LogP contribution in [0.5, 0.6) is 0 Å². The van der Waals surface area contributed by atoms with E-state index in [9.17, 15) is 0 Å². The summed E-state index contributed by atoms with van der Waals surface area (Å²) in [6.45, 7) is 9.73. The van der Waals surface area contributed by atoms with Crippen LogP contribution >= 0.6 is 0 Å². The summed E-state index contributed by atoms with van der Waals surface area (Å²) < 4.78 is 0. The van der Waals surface area contributed by atoms with Crippen molar-refractivity contribution < 1.29 is 0 Å². The van der Waals surface area contributed by atoms with Gasteiger partial charge in [-0.25, -0.2) is 5.84 Å². The molecule has 1 fully saturated rings. The molecular formula is C13H28N4. The van der Waals surface area contributed by atoms with Crippen molar-refractivity contribution in [2.75, 3.05) is 6.54 Å². The van der Waals surface area contributed by atoms with Crippen LogP contribution in [0.15, 0.2) is 4.99 Å². The minimum absolute atomic E-state index is 0.516. The summed E-state index contributed by atoms with van der Waals surface area (Å²) in [6, 6.07) is 0.516. The maximum atomic E-state index is 5.51. The van der Waals surface area contributed by atoms with Crippen molar-refractivity contribution in [3.63, 3.8) is 0 Å². The predicted octanol–water partition coefficient (Wildman–Crippen LogP) is 1.88. The molecule has 1 aliphatic carbocycles. The van der Waals surface area contributed by atoms with Crippen LogP contribution in [0.25, 0.3) is 0 Å². The van der Waals surface area contributed by atoms with E-state index in [0.29, 0.717) is 17.9 Å². The van der Waals surface area contributed by atoms with Gasteiger partial charge in [-0.1, -0.05) is 34.1 Å². The van der Waals surface area contributed by atoms with Gasteiger partial charge < -0.3 is 5.32 Å². The molecule has 3 atom stereocenters. The topological polar surface area (TPSA) is 62.4 Å². The molecule has 17 heavy (non-hydrogen) atoms. The molecule has 4 N–H and O–H groups in total. The summed E-state index contributed by atoms with van der Waals surface area (Å²) in [7, 11) is 0. The van der Waals surface area contributed by atoms with Crippen LogP contribution in [-0.4, -0.2) is 18.5 Å². The zero-order valence-corrected chi connectivity index (χ0v) is 11.7. The molecule has 0 aromatic heterocycles. The lowest BCUT2D eigenvalue weighted by molar-refractivity contribution is 0.366. The van der Waals surface area contributed by atoms with Crippen molar-refractivity contribution in [3.05, 3.63) is 0 Å². The maximum Gasteiger partial charge on any atom is 0.205 e. The van der Waals surface area contributed by atoms with Gasteiger partial charge in [-0.15, -0.1) is 0 Å². The molecule has 100 valence electrons. The number of nitrogens with one attached hydrogen (secondary N) is 2. The van der Waals surface area contributed by atoms with E-state index in [1.165, 1.54) is 19.3 Å². The second-order valence-electron chi connectivity index (χ2n) is 5.58. The largest absolute Gasteiger partial charge is 0.352 e. The number of guanidine groups is 1. The summed E-state index contributed by atoms with van der Waals surface area (Å²) in [4.78, 5) is 4.46. The summed E-state index contributed by atoms with van der Waals surface area (Å²) in [6.07, 6.45) is 3.81. The van der Waals surface area contributed by atoms with Gasteiger partial charge in [0.25, 0.3) is 0 Å². The Bertz CT molecular complexity index is 250. The number of nitrogens with two attached hydrogens (primary N) is 1. The molecule has 0 radical (unpaired) electrons. The Morgan fingerprint density at radius 1 is 1.41 bits per heavy atom. The summed E-state index contributed by atoms with van der Waals surface area (Å²) >= 11 is 0. The first-order valence-corrected chi connectivity index (χ1v) is 6.86. The van der Waals surface area contributed by atoms with Gasteiger partial charge in [0, 0.05) is 12.6 Å². The summed E-state index contributed by atoms with van der Waals surface area (Å²) in [5, 5.41) is 3.45. The SMILES string of the molecule is CCC1CCC(NC(=NCC(C)C)NN)C1C. The van der Waals surface area contributed by atoms with Crippen LogP contribution in [0.1, 0.15) is 47.0 Å². The van der Waals surface area contributed by atoms with Crippen LogP contribution in [0, 0.1) is 17.8 Å². The molecule has 0 saturated heterocycles. The van der Waals surface area contributed by atoms with Crippen molar-refractivity contribution in [3.8, 4) is 0 Å².